The second-order valence-corrected chi connectivity index (χ2v) is 8.84. The predicted octanol–water partition coefficient (Wildman–Crippen LogP) is 5.06. The average Bonchev–Trinajstić information content (AvgIpc) is 2.94. The monoisotopic (exact) mass is 399 g/mol. The molecular weight excluding hydrogens is 369 g/mol. The lowest BCUT2D eigenvalue weighted by atomic mass is 9.75. The first-order chi connectivity index (χ1) is 14.2. The maximum absolute atomic E-state index is 6.29. The van der Waals surface area contributed by atoms with Crippen molar-refractivity contribution in [1.29, 1.82) is 0 Å². The van der Waals surface area contributed by atoms with Gasteiger partial charge in [0.25, 0.3) is 0 Å². The highest BCUT2D eigenvalue weighted by atomic mass is 16.7. The van der Waals surface area contributed by atoms with Crippen LogP contribution in [0.5, 0.6) is 0 Å². The van der Waals surface area contributed by atoms with E-state index in [-0.39, 0.29) is 6.10 Å². The van der Waals surface area contributed by atoms with Crippen LogP contribution in [0, 0.1) is 27.7 Å². The highest BCUT2D eigenvalue weighted by Crippen LogP contribution is 2.33. The third-order valence-electron chi connectivity index (χ3n) is 6.19. The third-order valence-corrected chi connectivity index (χ3v) is 6.19. The van der Waals surface area contributed by atoms with Gasteiger partial charge in [0, 0.05) is 0 Å². The zero-order valence-corrected chi connectivity index (χ0v) is 18.7. The minimum Gasteiger partial charge on any atom is -0.400 e. The van der Waals surface area contributed by atoms with Gasteiger partial charge in [0.1, 0.15) is 5.72 Å². The van der Waals surface area contributed by atoms with Crippen molar-refractivity contribution in [2.24, 2.45) is 5.73 Å². The molecule has 0 spiro atoms. The van der Waals surface area contributed by atoms with Crippen LogP contribution < -0.4 is 11.2 Å². The van der Waals surface area contributed by atoms with Gasteiger partial charge in [-0.25, -0.2) is 0 Å². The molecule has 2 N–H and O–H groups in total. The highest BCUT2D eigenvalue weighted by molar-refractivity contribution is 6.62. The van der Waals surface area contributed by atoms with Crippen molar-refractivity contribution in [2.75, 3.05) is 0 Å². The van der Waals surface area contributed by atoms with Crippen LogP contribution in [-0.2, 0) is 9.31 Å². The van der Waals surface area contributed by atoms with Gasteiger partial charge in [0.2, 0.25) is 0 Å². The van der Waals surface area contributed by atoms with Crippen LogP contribution in [-0.4, -0.2) is 18.9 Å². The van der Waals surface area contributed by atoms with Gasteiger partial charge in [-0.3, -0.25) is 0 Å². The maximum Gasteiger partial charge on any atom is 0.495 e. The van der Waals surface area contributed by atoms with Crippen molar-refractivity contribution in [1.82, 2.24) is 0 Å². The van der Waals surface area contributed by atoms with Crippen molar-refractivity contribution >= 4 is 12.6 Å². The Balaban J connectivity index is 1.91. The minimum absolute atomic E-state index is 0.184. The van der Waals surface area contributed by atoms with Crippen LogP contribution in [0.1, 0.15) is 36.1 Å². The first-order valence-corrected chi connectivity index (χ1v) is 10.6. The Morgan fingerprint density at radius 3 is 2.13 bits per heavy atom. The minimum atomic E-state index is -0.806. The van der Waals surface area contributed by atoms with Crippen molar-refractivity contribution < 1.29 is 9.31 Å². The highest BCUT2D eigenvalue weighted by Gasteiger charge is 2.44. The standard InChI is InChI=1S/C26H30BNO2/c1-16-10-11-24(19(4)12-16)21-13-22(25-17(2)8-7-9-18(25)3)15-23(14-21)27-29-20(5)26(6,28)30-27/h7-15,20H,28H2,1-6H3. The number of hydrogen-bond donors (Lipinski definition) is 1. The summed E-state index contributed by atoms with van der Waals surface area (Å²) in [6.45, 7) is 12.4. The molecule has 4 heteroatoms. The first-order valence-electron chi connectivity index (χ1n) is 10.6. The van der Waals surface area contributed by atoms with Crippen LogP contribution in [0.25, 0.3) is 22.3 Å². The quantitative estimate of drug-likeness (QED) is 0.626. The fourth-order valence-corrected chi connectivity index (χ4v) is 4.32. The van der Waals surface area contributed by atoms with Gasteiger partial charge in [0.05, 0.1) is 6.10 Å². The summed E-state index contributed by atoms with van der Waals surface area (Å²) in [5.41, 5.74) is 16.3. The molecule has 30 heavy (non-hydrogen) atoms. The van der Waals surface area contributed by atoms with E-state index in [1.54, 1.807) is 0 Å². The molecule has 2 atom stereocenters. The summed E-state index contributed by atoms with van der Waals surface area (Å²) < 4.78 is 12.2. The molecule has 2 unspecified atom stereocenters. The maximum atomic E-state index is 6.29. The van der Waals surface area contributed by atoms with E-state index < -0.39 is 12.8 Å². The van der Waals surface area contributed by atoms with E-state index in [4.69, 9.17) is 15.0 Å². The normalized spacial score (nSPS) is 21.3. The number of rotatable bonds is 3. The summed E-state index contributed by atoms with van der Waals surface area (Å²) >= 11 is 0. The first kappa shape index (κ1) is 20.9. The lowest BCUT2D eigenvalue weighted by molar-refractivity contribution is 0.0716. The molecule has 1 fully saturated rings. The number of benzene rings is 3. The zero-order chi connectivity index (χ0) is 21.6. The van der Waals surface area contributed by atoms with Gasteiger partial charge < -0.3 is 15.0 Å². The zero-order valence-electron chi connectivity index (χ0n) is 18.7. The van der Waals surface area contributed by atoms with E-state index in [0.29, 0.717) is 0 Å². The number of nitrogens with two attached hydrogens (primary N) is 1. The molecule has 1 aliphatic rings. The fourth-order valence-electron chi connectivity index (χ4n) is 4.32. The second kappa shape index (κ2) is 7.70. The molecule has 0 saturated carbocycles. The van der Waals surface area contributed by atoms with Gasteiger partial charge >= 0.3 is 7.12 Å². The van der Waals surface area contributed by atoms with Crippen molar-refractivity contribution in [3.05, 3.63) is 76.9 Å². The molecule has 0 aliphatic carbocycles. The van der Waals surface area contributed by atoms with Crippen LogP contribution in [0.15, 0.2) is 54.6 Å². The van der Waals surface area contributed by atoms with Gasteiger partial charge in [-0.15, -0.1) is 0 Å². The summed E-state index contributed by atoms with van der Waals surface area (Å²) in [7, 11) is -0.483. The molecule has 1 aliphatic heterocycles. The number of aryl methyl sites for hydroxylation is 4. The molecule has 3 aromatic carbocycles. The van der Waals surface area contributed by atoms with Crippen molar-refractivity contribution in [3.8, 4) is 22.3 Å². The Labute approximate surface area is 180 Å². The Bertz CT molecular complexity index is 1090. The van der Waals surface area contributed by atoms with E-state index in [1.807, 2.05) is 13.8 Å². The molecule has 3 nitrogen and oxygen atoms in total. The Hall–Kier alpha value is -2.40. The Kier molecular flexibility index (Phi) is 5.35. The van der Waals surface area contributed by atoms with Crippen molar-refractivity contribution in [3.63, 3.8) is 0 Å². The fraction of sp³-hybridized carbons (Fsp3) is 0.308. The van der Waals surface area contributed by atoms with Crippen LogP contribution in [0.2, 0.25) is 0 Å². The summed E-state index contributed by atoms with van der Waals surface area (Å²) in [6.07, 6.45) is -0.184. The molecule has 1 saturated heterocycles. The van der Waals surface area contributed by atoms with Gasteiger partial charge in [-0.05, 0) is 92.0 Å². The molecule has 0 aromatic heterocycles. The van der Waals surface area contributed by atoms with E-state index in [0.717, 1.165) is 11.0 Å². The summed E-state index contributed by atoms with van der Waals surface area (Å²) in [6, 6.07) is 19.6. The van der Waals surface area contributed by atoms with Crippen LogP contribution in [0.3, 0.4) is 0 Å². The largest absolute Gasteiger partial charge is 0.495 e. The number of hydrogen-bond acceptors (Lipinski definition) is 3. The molecule has 1 heterocycles. The summed E-state index contributed by atoms with van der Waals surface area (Å²) in [4.78, 5) is 0. The van der Waals surface area contributed by atoms with Gasteiger partial charge in [-0.2, -0.15) is 0 Å². The SMILES string of the molecule is Cc1ccc(-c2cc(B3OC(C)C(C)(N)O3)cc(-c3c(C)cccc3C)c2)c(C)c1. The van der Waals surface area contributed by atoms with E-state index >= 15 is 0 Å². The molecular formula is C26H30BNO2. The lowest BCUT2D eigenvalue weighted by Gasteiger charge is -2.21. The molecule has 3 aromatic rings. The Morgan fingerprint density at radius 1 is 0.867 bits per heavy atom. The van der Waals surface area contributed by atoms with Crippen LogP contribution >= 0.6 is 0 Å². The van der Waals surface area contributed by atoms with E-state index in [2.05, 4.69) is 82.3 Å². The second-order valence-electron chi connectivity index (χ2n) is 8.84. The molecule has 0 bridgehead atoms. The summed E-state index contributed by atoms with van der Waals surface area (Å²) in [5.74, 6) is 0. The van der Waals surface area contributed by atoms with E-state index in [1.165, 1.54) is 38.9 Å². The van der Waals surface area contributed by atoms with Gasteiger partial charge in [-0.1, -0.05) is 54.1 Å². The smallest absolute Gasteiger partial charge is 0.400 e. The lowest BCUT2D eigenvalue weighted by Crippen LogP contribution is -2.45. The molecule has 4 rings (SSSR count). The predicted molar refractivity (Wildman–Crippen MR) is 126 cm³/mol. The summed E-state index contributed by atoms with van der Waals surface area (Å²) in [5, 5.41) is 0. The van der Waals surface area contributed by atoms with Crippen molar-refractivity contribution in [2.45, 2.75) is 53.4 Å². The molecule has 154 valence electrons. The Morgan fingerprint density at radius 2 is 1.53 bits per heavy atom. The van der Waals surface area contributed by atoms with Gasteiger partial charge in [0.15, 0.2) is 0 Å². The molecule has 0 radical (unpaired) electrons. The average molecular weight is 399 g/mol. The third kappa shape index (κ3) is 3.83. The molecule has 0 amide bonds. The topological polar surface area (TPSA) is 44.5 Å². The van der Waals surface area contributed by atoms with Crippen LogP contribution in [0.4, 0.5) is 0 Å². The van der Waals surface area contributed by atoms with E-state index in [9.17, 15) is 0 Å².